The molecule has 3 rings (SSSR count). The summed E-state index contributed by atoms with van der Waals surface area (Å²) in [5.74, 6) is 0.799. The Balaban J connectivity index is 1.95. The van der Waals surface area contributed by atoms with Gasteiger partial charge in [-0.1, -0.05) is 18.3 Å². The summed E-state index contributed by atoms with van der Waals surface area (Å²) in [6.07, 6.45) is 1.78. The minimum absolute atomic E-state index is 0.249. The Morgan fingerprint density at radius 3 is 2.86 bits per heavy atom. The Morgan fingerprint density at radius 1 is 1.38 bits per heavy atom. The highest BCUT2D eigenvalue weighted by atomic mass is 32.2. The summed E-state index contributed by atoms with van der Waals surface area (Å²) < 4.78 is 18.3. The van der Waals surface area contributed by atoms with E-state index in [1.165, 1.54) is 6.07 Å². The maximum atomic E-state index is 13.1. The number of fused-ring (bicyclic) bond motifs is 1. The summed E-state index contributed by atoms with van der Waals surface area (Å²) >= 11 is 2.58. The monoisotopic (exact) mass is 320 g/mol. The quantitative estimate of drug-likeness (QED) is 0.918. The van der Waals surface area contributed by atoms with Gasteiger partial charge in [0, 0.05) is 11.1 Å². The van der Waals surface area contributed by atoms with Crippen molar-refractivity contribution in [1.29, 1.82) is 0 Å². The average Bonchev–Trinajstić information content (AvgIpc) is 3.03. The molecule has 1 aromatic heterocycles. The number of hydrogen-bond donors (Lipinski definition) is 1. The standard InChI is InChI=1S/C15H13FN2OS2/c1-9-18(8-11(17)13-5-6-15(16)21-13)12-4-3-10(19-2)7-14(12)20-9/h3-8H,1,17H2,2H3/b11-8-. The number of thioether (sulfide) groups is 1. The molecule has 1 aliphatic heterocycles. The van der Waals surface area contributed by atoms with Gasteiger partial charge in [0.2, 0.25) is 0 Å². The van der Waals surface area contributed by atoms with Gasteiger partial charge in [-0.2, -0.15) is 4.39 Å². The van der Waals surface area contributed by atoms with E-state index in [1.807, 2.05) is 23.1 Å². The Morgan fingerprint density at radius 2 is 2.19 bits per heavy atom. The number of thiophene rings is 1. The molecule has 1 aliphatic rings. The first kappa shape index (κ1) is 14.0. The van der Waals surface area contributed by atoms with Crippen molar-refractivity contribution in [2.24, 2.45) is 5.73 Å². The maximum absolute atomic E-state index is 13.1. The highest BCUT2D eigenvalue weighted by molar-refractivity contribution is 8.03. The summed E-state index contributed by atoms with van der Waals surface area (Å²) in [7, 11) is 1.64. The summed E-state index contributed by atoms with van der Waals surface area (Å²) in [5.41, 5.74) is 7.55. The first-order valence-electron chi connectivity index (χ1n) is 6.15. The number of benzene rings is 1. The predicted molar refractivity (Wildman–Crippen MR) is 86.9 cm³/mol. The van der Waals surface area contributed by atoms with Crippen LogP contribution < -0.4 is 15.4 Å². The molecule has 108 valence electrons. The van der Waals surface area contributed by atoms with Gasteiger partial charge in [0.1, 0.15) is 5.75 Å². The number of rotatable bonds is 3. The normalized spacial score (nSPS) is 14.5. The molecule has 0 saturated carbocycles. The van der Waals surface area contributed by atoms with Gasteiger partial charge in [0.25, 0.3) is 0 Å². The van der Waals surface area contributed by atoms with Crippen molar-refractivity contribution < 1.29 is 9.13 Å². The molecular formula is C15H13FN2OS2. The Labute approximate surface area is 130 Å². The van der Waals surface area contributed by atoms with Crippen LogP contribution in [0.3, 0.4) is 0 Å². The van der Waals surface area contributed by atoms with Gasteiger partial charge in [-0.3, -0.25) is 0 Å². The van der Waals surface area contributed by atoms with Crippen molar-refractivity contribution in [1.82, 2.24) is 0 Å². The number of methoxy groups -OCH3 is 1. The van der Waals surface area contributed by atoms with E-state index in [9.17, 15) is 4.39 Å². The van der Waals surface area contributed by atoms with Crippen molar-refractivity contribution in [2.45, 2.75) is 4.90 Å². The topological polar surface area (TPSA) is 38.5 Å². The molecule has 0 saturated heterocycles. The van der Waals surface area contributed by atoms with Crippen LogP contribution >= 0.6 is 23.1 Å². The molecule has 0 bridgehead atoms. The molecule has 3 nitrogen and oxygen atoms in total. The first-order valence-corrected chi connectivity index (χ1v) is 7.79. The molecule has 0 atom stereocenters. The van der Waals surface area contributed by atoms with Crippen LogP contribution in [0.4, 0.5) is 10.1 Å². The number of nitrogens with zero attached hydrogens (tertiary/aromatic N) is 1. The third-order valence-corrected chi connectivity index (χ3v) is 4.95. The van der Waals surface area contributed by atoms with E-state index < -0.39 is 0 Å². The largest absolute Gasteiger partial charge is 0.497 e. The lowest BCUT2D eigenvalue weighted by Crippen LogP contribution is -2.11. The van der Waals surface area contributed by atoms with Crippen molar-refractivity contribution in [3.8, 4) is 5.75 Å². The van der Waals surface area contributed by atoms with E-state index in [-0.39, 0.29) is 5.13 Å². The van der Waals surface area contributed by atoms with Crippen molar-refractivity contribution in [3.05, 3.63) is 58.1 Å². The highest BCUT2D eigenvalue weighted by Crippen LogP contribution is 2.47. The number of halogens is 1. The highest BCUT2D eigenvalue weighted by Gasteiger charge is 2.23. The van der Waals surface area contributed by atoms with Crippen LogP contribution in [0.15, 0.2) is 53.0 Å². The fourth-order valence-electron chi connectivity index (χ4n) is 2.03. The Hall–Kier alpha value is -1.92. The maximum Gasteiger partial charge on any atom is 0.177 e. The number of ether oxygens (including phenoxy) is 1. The Kier molecular flexibility index (Phi) is 3.65. The van der Waals surface area contributed by atoms with Crippen molar-refractivity contribution in [2.75, 3.05) is 12.0 Å². The van der Waals surface area contributed by atoms with Crippen LogP contribution in [0.25, 0.3) is 5.70 Å². The van der Waals surface area contributed by atoms with Gasteiger partial charge in [0.15, 0.2) is 5.13 Å². The molecule has 0 spiro atoms. The molecule has 21 heavy (non-hydrogen) atoms. The third kappa shape index (κ3) is 2.64. The minimum Gasteiger partial charge on any atom is -0.497 e. The lowest BCUT2D eigenvalue weighted by molar-refractivity contribution is 0.414. The molecular weight excluding hydrogens is 307 g/mol. The molecule has 2 aromatic rings. The third-order valence-electron chi connectivity index (χ3n) is 3.05. The van der Waals surface area contributed by atoms with E-state index in [1.54, 1.807) is 31.1 Å². The molecule has 0 fully saturated rings. The van der Waals surface area contributed by atoms with E-state index in [0.717, 1.165) is 32.7 Å². The molecule has 0 amide bonds. The molecule has 6 heteroatoms. The zero-order valence-corrected chi connectivity index (χ0v) is 12.9. The van der Waals surface area contributed by atoms with Gasteiger partial charge in [-0.15, -0.1) is 11.3 Å². The summed E-state index contributed by atoms with van der Waals surface area (Å²) in [6.45, 7) is 4.04. The smallest absolute Gasteiger partial charge is 0.177 e. The van der Waals surface area contributed by atoms with Crippen LogP contribution in [0.1, 0.15) is 4.88 Å². The fraction of sp³-hybridized carbons (Fsp3) is 0.0667. The minimum atomic E-state index is -0.249. The lowest BCUT2D eigenvalue weighted by Gasteiger charge is -2.15. The van der Waals surface area contributed by atoms with Crippen LogP contribution in [0.5, 0.6) is 5.75 Å². The van der Waals surface area contributed by atoms with Crippen LogP contribution in [-0.2, 0) is 0 Å². The second-order valence-electron chi connectivity index (χ2n) is 4.39. The number of nitrogens with two attached hydrogens (primary N) is 1. The van der Waals surface area contributed by atoms with E-state index >= 15 is 0 Å². The summed E-state index contributed by atoms with van der Waals surface area (Å²) in [4.78, 5) is 3.67. The fourth-order valence-corrected chi connectivity index (χ4v) is 3.63. The van der Waals surface area contributed by atoms with Crippen molar-refractivity contribution in [3.63, 3.8) is 0 Å². The van der Waals surface area contributed by atoms with Crippen LogP contribution in [0, 0.1) is 5.13 Å². The molecule has 2 N–H and O–H groups in total. The van der Waals surface area contributed by atoms with Gasteiger partial charge in [0.05, 0.1) is 28.4 Å². The molecule has 0 radical (unpaired) electrons. The lowest BCUT2D eigenvalue weighted by atomic mass is 10.2. The zero-order valence-electron chi connectivity index (χ0n) is 11.3. The Bertz CT molecular complexity index is 739. The number of anilines is 1. The summed E-state index contributed by atoms with van der Waals surface area (Å²) in [5, 5.41) is 0.597. The van der Waals surface area contributed by atoms with Crippen LogP contribution in [-0.4, -0.2) is 7.11 Å². The second kappa shape index (κ2) is 5.46. The van der Waals surface area contributed by atoms with Gasteiger partial charge < -0.3 is 15.4 Å². The molecule has 2 heterocycles. The van der Waals surface area contributed by atoms with E-state index in [4.69, 9.17) is 10.5 Å². The van der Waals surface area contributed by atoms with Crippen LogP contribution in [0.2, 0.25) is 0 Å². The van der Waals surface area contributed by atoms with Gasteiger partial charge >= 0.3 is 0 Å². The number of hydrogen-bond acceptors (Lipinski definition) is 5. The zero-order chi connectivity index (χ0) is 15.0. The van der Waals surface area contributed by atoms with E-state index in [0.29, 0.717) is 10.6 Å². The summed E-state index contributed by atoms with van der Waals surface area (Å²) in [6, 6.07) is 8.89. The van der Waals surface area contributed by atoms with E-state index in [2.05, 4.69) is 6.58 Å². The first-order chi connectivity index (χ1) is 10.1. The molecule has 0 unspecified atom stereocenters. The SMILES string of the molecule is C=C1Sc2cc(OC)ccc2N1/C=C(\N)c1ccc(F)s1. The molecule has 0 aliphatic carbocycles. The predicted octanol–water partition coefficient (Wildman–Crippen LogP) is 4.24. The molecule has 1 aromatic carbocycles. The second-order valence-corrected chi connectivity index (χ2v) is 6.54. The average molecular weight is 320 g/mol. The van der Waals surface area contributed by atoms with Gasteiger partial charge in [-0.25, -0.2) is 0 Å². The van der Waals surface area contributed by atoms with Gasteiger partial charge in [-0.05, 0) is 30.3 Å². The van der Waals surface area contributed by atoms with Crippen molar-refractivity contribution >= 4 is 34.5 Å².